The van der Waals surface area contributed by atoms with E-state index in [2.05, 4.69) is 10.2 Å². The molecule has 26 heavy (non-hydrogen) atoms. The zero-order valence-electron chi connectivity index (χ0n) is 13.2. The Bertz CT molecular complexity index is 984. The Morgan fingerprint density at radius 1 is 0.962 bits per heavy atom. The number of phenolic OH excluding ortho intramolecular Hbond substituents is 4. The van der Waals surface area contributed by atoms with Crippen LogP contribution in [0.5, 0.6) is 23.0 Å². The predicted molar refractivity (Wildman–Crippen MR) is 86.9 cm³/mol. The fourth-order valence-corrected chi connectivity index (χ4v) is 2.31. The van der Waals surface area contributed by atoms with Crippen LogP contribution in [0.25, 0.3) is 11.5 Å². The van der Waals surface area contributed by atoms with E-state index >= 15 is 0 Å². The number of nitro groups is 1. The second-order valence-corrected chi connectivity index (χ2v) is 5.44. The molecule has 0 aliphatic rings. The molecule has 1 aromatic heterocycles. The van der Waals surface area contributed by atoms with Crippen LogP contribution < -0.4 is 0 Å². The molecule has 0 amide bonds. The molecule has 0 unspecified atom stereocenters. The summed E-state index contributed by atoms with van der Waals surface area (Å²) in [5, 5.41) is 56.4. The van der Waals surface area contributed by atoms with Gasteiger partial charge < -0.3 is 24.8 Å². The van der Waals surface area contributed by atoms with Gasteiger partial charge in [0.15, 0.2) is 17.2 Å². The Hall–Kier alpha value is -3.82. The van der Waals surface area contributed by atoms with Gasteiger partial charge in [-0.2, -0.15) is 0 Å². The number of hydrogen-bond donors (Lipinski definition) is 4. The minimum absolute atomic E-state index is 0.0491. The van der Waals surface area contributed by atoms with E-state index in [1.165, 1.54) is 12.1 Å². The summed E-state index contributed by atoms with van der Waals surface area (Å²) in [6.45, 7) is 0. The van der Waals surface area contributed by atoms with Gasteiger partial charge in [0, 0.05) is 18.1 Å². The van der Waals surface area contributed by atoms with Crippen molar-refractivity contribution in [1.29, 1.82) is 0 Å². The Kier molecular flexibility index (Phi) is 4.31. The molecule has 4 N–H and O–H groups in total. The van der Waals surface area contributed by atoms with Gasteiger partial charge in [-0.1, -0.05) is 6.07 Å². The maximum atomic E-state index is 10.9. The van der Waals surface area contributed by atoms with Gasteiger partial charge >= 0.3 is 5.69 Å². The van der Waals surface area contributed by atoms with E-state index in [1.807, 2.05) is 0 Å². The number of benzene rings is 2. The molecule has 10 nitrogen and oxygen atoms in total. The lowest BCUT2D eigenvalue weighted by Crippen LogP contribution is -1.91. The van der Waals surface area contributed by atoms with Gasteiger partial charge in [0.05, 0.1) is 4.92 Å². The van der Waals surface area contributed by atoms with Crippen molar-refractivity contribution in [3.8, 4) is 34.5 Å². The van der Waals surface area contributed by atoms with Gasteiger partial charge in [-0.15, -0.1) is 10.2 Å². The fourth-order valence-electron chi connectivity index (χ4n) is 2.31. The molecule has 0 bridgehead atoms. The summed E-state index contributed by atoms with van der Waals surface area (Å²) in [7, 11) is 0. The van der Waals surface area contributed by atoms with Gasteiger partial charge in [0.2, 0.25) is 17.5 Å². The first-order valence-corrected chi connectivity index (χ1v) is 7.39. The molecule has 134 valence electrons. The van der Waals surface area contributed by atoms with E-state index < -0.39 is 22.1 Å². The third-order valence-corrected chi connectivity index (χ3v) is 3.65. The average Bonchev–Trinajstić information content (AvgIpc) is 3.07. The molecule has 10 heteroatoms. The highest BCUT2D eigenvalue weighted by Crippen LogP contribution is 2.39. The van der Waals surface area contributed by atoms with Crippen molar-refractivity contribution < 1.29 is 29.8 Å². The van der Waals surface area contributed by atoms with E-state index in [-0.39, 0.29) is 28.8 Å². The number of rotatable bonds is 5. The second-order valence-electron chi connectivity index (χ2n) is 5.44. The van der Waals surface area contributed by atoms with E-state index in [0.29, 0.717) is 12.8 Å². The number of phenols is 4. The van der Waals surface area contributed by atoms with Gasteiger partial charge in [0.25, 0.3) is 0 Å². The van der Waals surface area contributed by atoms with E-state index in [9.17, 15) is 30.5 Å². The molecule has 0 aliphatic carbocycles. The van der Waals surface area contributed by atoms with Crippen LogP contribution in [0.15, 0.2) is 34.7 Å². The van der Waals surface area contributed by atoms with Crippen LogP contribution in [0.4, 0.5) is 5.69 Å². The normalized spacial score (nSPS) is 10.8. The molecule has 0 aliphatic heterocycles. The van der Waals surface area contributed by atoms with E-state index in [0.717, 1.165) is 17.7 Å². The van der Waals surface area contributed by atoms with Crippen LogP contribution in [0.3, 0.4) is 0 Å². The summed E-state index contributed by atoms with van der Waals surface area (Å²) in [6, 6.07) is 6.51. The first-order valence-electron chi connectivity index (χ1n) is 7.39. The quantitative estimate of drug-likeness (QED) is 0.304. The SMILES string of the molecule is O=[N+]([O-])c1cc(-c2nnc(CCc3ccc(O)c(O)c3)o2)cc(O)c1O. The lowest BCUT2D eigenvalue weighted by molar-refractivity contribution is -0.385. The smallest absolute Gasteiger partial charge is 0.315 e. The number of aryl methyl sites for hydroxylation is 2. The van der Waals surface area contributed by atoms with Crippen LogP contribution in [0.2, 0.25) is 0 Å². The van der Waals surface area contributed by atoms with Crippen molar-refractivity contribution in [3.63, 3.8) is 0 Å². The fraction of sp³-hybridized carbons (Fsp3) is 0.125. The van der Waals surface area contributed by atoms with Crippen LogP contribution in [-0.2, 0) is 12.8 Å². The minimum atomic E-state index is -0.842. The highest BCUT2D eigenvalue weighted by atomic mass is 16.6. The van der Waals surface area contributed by atoms with Gasteiger partial charge in [-0.25, -0.2) is 0 Å². The first kappa shape index (κ1) is 17.0. The van der Waals surface area contributed by atoms with Crippen LogP contribution in [-0.4, -0.2) is 35.5 Å². The number of nitrogens with zero attached hydrogens (tertiary/aromatic N) is 3. The molecular weight excluding hydrogens is 346 g/mol. The maximum Gasteiger partial charge on any atom is 0.315 e. The molecule has 0 atom stereocenters. The van der Waals surface area contributed by atoms with Gasteiger partial charge in [-0.05, 0) is 30.2 Å². The van der Waals surface area contributed by atoms with E-state index in [1.54, 1.807) is 6.07 Å². The summed E-state index contributed by atoms with van der Waals surface area (Å²) in [4.78, 5) is 10.1. The van der Waals surface area contributed by atoms with Crippen molar-refractivity contribution in [2.75, 3.05) is 0 Å². The van der Waals surface area contributed by atoms with Gasteiger partial charge in [0.1, 0.15) is 0 Å². The second kappa shape index (κ2) is 6.59. The van der Waals surface area contributed by atoms with Crippen molar-refractivity contribution in [2.24, 2.45) is 0 Å². The van der Waals surface area contributed by atoms with Gasteiger partial charge in [-0.3, -0.25) is 10.1 Å². The standard InChI is InChI=1S/C16H13N3O7/c20-11-3-1-8(5-12(11)21)2-4-14-17-18-16(26-14)9-6-10(19(24)25)15(23)13(22)7-9/h1,3,5-7,20-23H,2,4H2. The largest absolute Gasteiger partial charge is 0.504 e. The Morgan fingerprint density at radius 2 is 1.73 bits per heavy atom. The summed E-state index contributed by atoms with van der Waals surface area (Å²) >= 11 is 0. The average molecular weight is 359 g/mol. The number of nitro benzene ring substituents is 1. The molecule has 2 aromatic carbocycles. The molecule has 3 rings (SSSR count). The van der Waals surface area contributed by atoms with Crippen molar-refractivity contribution >= 4 is 5.69 Å². The summed E-state index contributed by atoms with van der Waals surface area (Å²) in [6.07, 6.45) is 0.764. The van der Waals surface area contributed by atoms with E-state index in [4.69, 9.17) is 4.42 Å². The topological polar surface area (TPSA) is 163 Å². The predicted octanol–water partition coefficient (Wildman–Crippen LogP) is 2.25. The Balaban J connectivity index is 1.79. The highest BCUT2D eigenvalue weighted by Gasteiger charge is 2.21. The van der Waals surface area contributed by atoms with Crippen LogP contribution in [0, 0.1) is 10.1 Å². The monoisotopic (exact) mass is 359 g/mol. The third-order valence-electron chi connectivity index (χ3n) is 3.65. The number of hydrogen-bond acceptors (Lipinski definition) is 9. The third kappa shape index (κ3) is 3.34. The molecule has 1 heterocycles. The first-order chi connectivity index (χ1) is 12.3. The van der Waals surface area contributed by atoms with Crippen LogP contribution in [0.1, 0.15) is 11.5 Å². The summed E-state index contributed by atoms with van der Waals surface area (Å²) in [5.74, 6) is -1.78. The van der Waals surface area contributed by atoms with Crippen molar-refractivity contribution in [2.45, 2.75) is 12.8 Å². The Labute approximate surface area is 145 Å². The Morgan fingerprint density at radius 3 is 2.42 bits per heavy atom. The molecule has 0 spiro atoms. The zero-order valence-corrected chi connectivity index (χ0v) is 13.2. The molecule has 3 aromatic rings. The number of aromatic hydroxyl groups is 4. The molecule has 0 fully saturated rings. The highest BCUT2D eigenvalue weighted by molar-refractivity contribution is 5.67. The summed E-state index contributed by atoms with van der Waals surface area (Å²) < 4.78 is 5.43. The molecule has 0 saturated carbocycles. The molecule has 0 saturated heterocycles. The minimum Gasteiger partial charge on any atom is -0.504 e. The molecule has 0 radical (unpaired) electrons. The van der Waals surface area contributed by atoms with Crippen molar-refractivity contribution in [3.05, 3.63) is 51.9 Å². The lowest BCUT2D eigenvalue weighted by Gasteiger charge is -2.02. The maximum absolute atomic E-state index is 10.9. The van der Waals surface area contributed by atoms with Crippen LogP contribution >= 0.6 is 0 Å². The lowest BCUT2D eigenvalue weighted by atomic mass is 10.1. The number of aromatic nitrogens is 2. The zero-order chi connectivity index (χ0) is 18.8. The summed E-state index contributed by atoms with van der Waals surface area (Å²) in [5.41, 5.74) is 0.144. The van der Waals surface area contributed by atoms with Crippen molar-refractivity contribution in [1.82, 2.24) is 10.2 Å². The molecular formula is C16H13N3O7.